The van der Waals surface area contributed by atoms with Gasteiger partial charge in [0, 0.05) is 17.6 Å². The van der Waals surface area contributed by atoms with Gasteiger partial charge in [0.1, 0.15) is 0 Å². The normalized spacial score (nSPS) is 12.4. The van der Waals surface area contributed by atoms with Crippen molar-refractivity contribution in [1.82, 2.24) is 5.32 Å². The van der Waals surface area contributed by atoms with E-state index in [0.29, 0.717) is 6.04 Å². The Kier molecular flexibility index (Phi) is 4.62. The second-order valence-corrected chi connectivity index (χ2v) is 5.52. The molecular formula is C17H20ClN. The first-order valence-corrected chi connectivity index (χ1v) is 6.99. The lowest BCUT2D eigenvalue weighted by Crippen LogP contribution is -2.18. The number of hydrogen-bond acceptors (Lipinski definition) is 1. The highest BCUT2D eigenvalue weighted by molar-refractivity contribution is 6.30. The molecule has 0 aliphatic rings. The molecule has 0 aliphatic carbocycles. The van der Waals surface area contributed by atoms with Gasteiger partial charge in [-0.25, -0.2) is 0 Å². The fraction of sp³-hybridized carbons (Fsp3) is 0.294. The quantitative estimate of drug-likeness (QED) is 0.843. The largest absolute Gasteiger partial charge is 0.306 e. The molecule has 19 heavy (non-hydrogen) atoms. The van der Waals surface area contributed by atoms with Crippen LogP contribution in [0.2, 0.25) is 5.02 Å². The van der Waals surface area contributed by atoms with Crippen molar-refractivity contribution in [2.24, 2.45) is 0 Å². The summed E-state index contributed by atoms with van der Waals surface area (Å²) in [6.45, 7) is 7.26. The van der Waals surface area contributed by atoms with Crippen molar-refractivity contribution in [3.63, 3.8) is 0 Å². The van der Waals surface area contributed by atoms with Gasteiger partial charge in [0.15, 0.2) is 0 Å². The third-order valence-corrected chi connectivity index (χ3v) is 3.72. The molecule has 2 aromatic carbocycles. The van der Waals surface area contributed by atoms with Gasteiger partial charge in [-0.15, -0.1) is 0 Å². The van der Waals surface area contributed by atoms with Gasteiger partial charge in [0.25, 0.3) is 0 Å². The highest BCUT2D eigenvalue weighted by atomic mass is 35.5. The summed E-state index contributed by atoms with van der Waals surface area (Å²) in [5.74, 6) is 0. The Bertz CT molecular complexity index is 546. The van der Waals surface area contributed by atoms with E-state index in [1.54, 1.807) is 0 Å². The maximum absolute atomic E-state index is 5.97. The first-order valence-electron chi connectivity index (χ1n) is 6.61. The second kappa shape index (κ2) is 6.23. The summed E-state index contributed by atoms with van der Waals surface area (Å²) in [6.07, 6.45) is 0. The Hall–Kier alpha value is -1.31. The molecule has 1 nitrogen and oxygen atoms in total. The first kappa shape index (κ1) is 14.1. The minimum absolute atomic E-state index is 0.343. The maximum Gasteiger partial charge on any atom is 0.0408 e. The third kappa shape index (κ3) is 3.82. The number of nitrogens with one attached hydrogen (secondary N) is 1. The van der Waals surface area contributed by atoms with Crippen LogP contribution in [-0.2, 0) is 6.54 Å². The molecule has 100 valence electrons. The van der Waals surface area contributed by atoms with Crippen LogP contribution < -0.4 is 5.32 Å². The van der Waals surface area contributed by atoms with Gasteiger partial charge in [-0.3, -0.25) is 0 Å². The average molecular weight is 274 g/mol. The lowest BCUT2D eigenvalue weighted by molar-refractivity contribution is 0.573. The smallest absolute Gasteiger partial charge is 0.0408 e. The molecule has 0 bridgehead atoms. The molecule has 0 spiro atoms. The lowest BCUT2D eigenvalue weighted by Gasteiger charge is -2.15. The highest BCUT2D eigenvalue weighted by Gasteiger charge is 2.05. The molecule has 1 unspecified atom stereocenters. The van der Waals surface area contributed by atoms with Crippen LogP contribution in [0.5, 0.6) is 0 Å². The van der Waals surface area contributed by atoms with Crippen LogP contribution in [0.4, 0.5) is 0 Å². The molecule has 0 radical (unpaired) electrons. The molecule has 0 heterocycles. The van der Waals surface area contributed by atoms with E-state index < -0.39 is 0 Å². The highest BCUT2D eigenvalue weighted by Crippen LogP contribution is 2.17. The first-order chi connectivity index (χ1) is 9.06. The molecule has 0 amide bonds. The van der Waals surface area contributed by atoms with E-state index in [4.69, 9.17) is 11.6 Å². The molecule has 0 saturated heterocycles. The van der Waals surface area contributed by atoms with E-state index in [0.717, 1.165) is 11.6 Å². The summed E-state index contributed by atoms with van der Waals surface area (Å²) in [4.78, 5) is 0. The van der Waals surface area contributed by atoms with E-state index >= 15 is 0 Å². The molecule has 0 fully saturated rings. The molecular weight excluding hydrogens is 254 g/mol. The Morgan fingerprint density at radius 3 is 2.37 bits per heavy atom. The number of aryl methyl sites for hydroxylation is 2. The summed E-state index contributed by atoms with van der Waals surface area (Å²) in [7, 11) is 0. The predicted octanol–water partition coefficient (Wildman–Crippen LogP) is 4.81. The van der Waals surface area contributed by atoms with E-state index in [2.05, 4.69) is 56.4 Å². The minimum atomic E-state index is 0.343. The zero-order valence-electron chi connectivity index (χ0n) is 11.7. The number of rotatable bonds is 4. The van der Waals surface area contributed by atoms with E-state index in [9.17, 15) is 0 Å². The summed E-state index contributed by atoms with van der Waals surface area (Å²) < 4.78 is 0. The van der Waals surface area contributed by atoms with Gasteiger partial charge in [-0.1, -0.05) is 47.5 Å². The Morgan fingerprint density at radius 1 is 1.05 bits per heavy atom. The number of benzene rings is 2. The van der Waals surface area contributed by atoms with Crippen LogP contribution in [-0.4, -0.2) is 0 Å². The van der Waals surface area contributed by atoms with Gasteiger partial charge >= 0.3 is 0 Å². The van der Waals surface area contributed by atoms with Gasteiger partial charge in [-0.05, 0) is 49.6 Å². The molecule has 2 heteroatoms. The van der Waals surface area contributed by atoms with Crippen molar-refractivity contribution in [1.29, 1.82) is 0 Å². The lowest BCUT2D eigenvalue weighted by atomic mass is 10.1. The number of halogens is 1. The molecule has 2 aromatic rings. The van der Waals surface area contributed by atoms with Gasteiger partial charge in [0.05, 0.1) is 0 Å². The standard InChI is InChI=1S/C17H20ClN/c1-12-4-6-15(7-5-12)14(3)19-11-16-8-9-17(18)10-13(16)2/h4-10,14,19H,11H2,1-3H3. The van der Waals surface area contributed by atoms with Crippen LogP contribution in [0.1, 0.15) is 35.2 Å². The van der Waals surface area contributed by atoms with Crippen molar-refractivity contribution in [2.75, 3.05) is 0 Å². The minimum Gasteiger partial charge on any atom is -0.306 e. The zero-order valence-corrected chi connectivity index (χ0v) is 12.5. The Morgan fingerprint density at radius 2 is 1.74 bits per heavy atom. The molecule has 0 aliphatic heterocycles. The Labute approximate surface area is 120 Å². The fourth-order valence-electron chi connectivity index (χ4n) is 2.09. The third-order valence-electron chi connectivity index (χ3n) is 3.48. The van der Waals surface area contributed by atoms with Gasteiger partial charge in [-0.2, -0.15) is 0 Å². The average Bonchev–Trinajstić information content (AvgIpc) is 2.38. The van der Waals surface area contributed by atoms with Crippen molar-refractivity contribution in [3.05, 3.63) is 69.7 Å². The molecule has 1 atom stereocenters. The molecule has 1 N–H and O–H groups in total. The van der Waals surface area contributed by atoms with Gasteiger partial charge in [0.2, 0.25) is 0 Å². The topological polar surface area (TPSA) is 12.0 Å². The van der Waals surface area contributed by atoms with Gasteiger partial charge < -0.3 is 5.32 Å². The molecule has 2 rings (SSSR count). The van der Waals surface area contributed by atoms with Crippen molar-refractivity contribution >= 4 is 11.6 Å². The van der Waals surface area contributed by atoms with Crippen LogP contribution >= 0.6 is 11.6 Å². The van der Waals surface area contributed by atoms with Crippen LogP contribution in [0.15, 0.2) is 42.5 Å². The zero-order chi connectivity index (χ0) is 13.8. The summed E-state index contributed by atoms with van der Waals surface area (Å²) >= 11 is 5.97. The fourth-order valence-corrected chi connectivity index (χ4v) is 2.32. The van der Waals surface area contributed by atoms with Crippen molar-refractivity contribution in [3.8, 4) is 0 Å². The van der Waals surface area contributed by atoms with Crippen LogP contribution in [0, 0.1) is 13.8 Å². The summed E-state index contributed by atoms with van der Waals surface area (Å²) in [5.41, 5.74) is 5.14. The monoisotopic (exact) mass is 273 g/mol. The maximum atomic E-state index is 5.97. The van der Waals surface area contributed by atoms with E-state index in [-0.39, 0.29) is 0 Å². The van der Waals surface area contributed by atoms with Crippen molar-refractivity contribution < 1.29 is 0 Å². The molecule has 0 aromatic heterocycles. The van der Waals surface area contributed by atoms with Crippen LogP contribution in [0.25, 0.3) is 0 Å². The van der Waals surface area contributed by atoms with Crippen LogP contribution in [0.3, 0.4) is 0 Å². The molecule has 0 saturated carbocycles. The SMILES string of the molecule is Cc1ccc(C(C)NCc2ccc(Cl)cc2C)cc1. The van der Waals surface area contributed by atoms with E-state index in [1.807, 2.05) is 12.1 Å². The summed E-state index contributed by atoms with van der Waals surface area (Å²) in [5, 5.41) is 4.35. The van der Waals surface area contributed by atoms with E-state index in [1.165, 1.54) is 22.3 Å². The summed E-state index contributed by atoms with van der Waals surface area (Å²) in [6, 6.07) is 15.1. The Balaban J connectivity index is 2.00. The number of hydrogen-bond donors (Lipinski definition) is 1. The predicted molar refractivity (Wildman–Crippen MR) is 82.6 cm³/mol. The second-order valence-electron chi connectivity index (χ2n) is 5.08. The van der Waals surface area contributed by atoms with Crippen molar-refractivity contribution in [2.45, 2.75) is 33.4 Å².